The fourth-order valence-corrected chi connectivity index (χ4v) is 5.09. The Hall–Kier alpha value is -3.65. The Morgan fingerprint density at radius 2 is 1.75 bits per heavy atom. The molecule has 0 unspecified atom stereocenters. The molecule has 0 spiro atoms. The van der Waals surface area contributed by atoms with Crippen molar-refractivity contribution >= 4 is 21.5 Å². The zero-order chi connectivity index (χ0) is 22.7. The summed E-state index contributed by atoms with van der Waals surface area (Å²) in [5, 5.41) is 0. The molecule has 4 aromatic rings. The highest BCUT2D eigenvalue weighted by Gasteiger charge is 2.28. The third-order valence-electron chi connectivity index (χ3n) is 5.34. The van der Waals surface area contributed by atoms with Crippen molar-refractivity contribution in [3.05, 3.63) is 102 Å². The van der Waals surface area contributed by atoms with Gasteiger partial charge in [-0.2, -0.15) is 0 Å². The van der Waals surface area contributed by atoms with E-state index >= 15 is 0 Å². The molecular weight excluding hydrogens is 426 g/mol. The van der Waals surface area contributed by atoms with Gasteiger partial charge in [-0.3, -0.25) is 14.1 Å². The molecule has 7 nitrogen and oxygen atoms in total. The van der Waals surface area contributed by atoms with E-state index in [2.05, 4.69) is 4.98 Å². The van der Waals surface area contributed by atoms with Crippen LogP contribution in [0.5, 0.6) is 0 Å². The van der Waals surface area contributed by atoms with Crippen LogP contribution in [-0.2, 0) is 16.6 Å². The highest BCUT2D eigenvalue weighted by Crippen LogP contribution is 2.25. The zero-order valence-corrected chi connectivity index (χ0v) is 18.6. The van der Waals surface area contributed by atoms with Crippen LogP contribution < -0.4 is 4.31 Å². The molecule has 0 N–H and O–H groups in total. The molecule has 8 heteroatoms. The van der Waals surface area contributed by atoms with E-state index in [4.69, 9.17) is 4.42 Å². The molecule has 0 bridgehead atoms. The SMILES string of the molecule is Cc1cc(C(=O)CN(c2ccncc2)S(=O)(=O)c2ccccc2)c(C)n1Cc1ccco1. The van der Waals surface area contributed by atoms with Crippen LogP contribution in [0.2, 0.25) is 0 Å². The van der Waals surface area contributed by atoms with Gasteiger partial charge in [-0.1, -0.05) is 18.2 Å². The van der Waals surface area contributed by atoms with Crippen LogP contribution in [0.3, 0.4) is 0 Å². The van der Waals surface area contributed by atoms with Crippen LogP contribution in [0.15, 0.2) is 88.6 Å². The topological polar surface area (TPSA) is 85.4 Å². The number of benzene rings is 1. The zero-order valence-electron chi connectivity index (χ0n) is 17.8. The van der Waals surface area contributed by atoms with E-state index < -0.39 is 10.0 Å². The minimum Gasteiger partial charge on any atom is -0.467 e. The summed E-state index contributed by atoms with van der Waals surface area (Å²) in [7, 11) is -3.95. The summed E-state index contributed by atoms with van der Waals surface area (Å²) in [5.74, 6) is 0.482. The third-order valence-corrected chi connectivity index (χ3v) is 7.13. The molecule has 0 amide bonds. The number of carbonyl (C=O) groups is 1. The lowest BCUT2D eigenvalue weighted by atomic mass is 10.1. The Bertz CT molecular complexity index is 1310. The van der Waals surface area contributed by atoms with Gasteiger partial charge in [-0.05, 0) is 56.3 Å². The normalized spacial score (nSPS) is 11.4. The molecule has 3 heterocycles. The number of pyridine rings is 1. The van der Waals surface area contributed by atoms with Crippen LogP contribution in [-0.4, -0.2) is 30.3 Å². The average Bonchev–Trinajstić information content (AvgIpc) is 3.42. The molecule has 0 atom stereocenters. The van der Waals surface area contributed by atoms with E-state index in [0.717, 1.165) is 21.5 Å². The quantitative estimate of drug-likeness (QED) is 0.376. The van der Waals surface area contributed by atoms with Crippen LogP contribution in [0, 0.1) is 13.8 Å². The van der Waals surface area contributed by atoms with Gasteiger partial charge in [-0.15, -0.1) is 0 Å². The molecule has 0 aliphatic heterocycles. The van der Waals surface area contributed by atoms with Crippen LogP contribution in [0.4, 0.5) is 5.69 Å². The maximum Gasteiger partial charge on any atom is 0.264 e. The van der Waals surface area contributed by atoms with Crippen molar-refractivity contribution in [2.75, 3.05) is 10.8 Å². The van der Waals surface area contributed by atoms with Crippen molar-refractivity contribution in [1.29, 1.82) is 0 Å². The number of rotatable bonds is 8. The largest absolute Gasteiger partial charge is 0.467 e. The van der Waals surface area contributed by atoms with Gasteiger partial charge in [0.1, 0.15) is 5.76 Å². The van der Waals surface area contributed by atoms with E-state index in [0.29, 0.717) is 17.8 Å². The molecule has 0 saturated carbocycles. The molecule has 1 aromatic carbocycles. The maximum atomic E-state index is 13.4. The fraction of sp³-hybridized carbons (Fsp3) is 0.167. The van der Waals surface area contributed by atoms with Gasteiger partial charge in [0.15, 0.2) is 5.78 Å². The Morgan fingerprint density at radius 1 is 1.03 bits per heavy atom. The minimum atomic E-state index is -3.95. The smallest absolute Gasteiger partial charge is 0.264 e. The van der Waals surface area contributed by atoms with E-state index in [1.807, 2.05) is 30.5 Å². The lowest BCUT2D eigenvalue weighted by molar-refractivity contribution is 0.100. The highest BCUT2D eigenvalue weighted by atomic mass is 32.2. The van der Waals surface area contributed by atoms with Gasteiger partial charge in [0.05, 0.1) is 29.9 Å². The number of hydrogen-bond donors (Lipinski definition) is 0. The number of aromatic nitrogens is 2. The Labute approximate surface area is 187 Å². The number of furan rings is 1. The van der Waals surface area contributed by atoms with Gasteiger partial charge in [0.2, 0.25) is 0 Å². The van der Waals surface area contributed by atoms with E-state index in [9.17, 15) is 13.2 Å². The van der Waals surface area contributed by atoms with E-state index in [-0.39, 0.29) is 17.2 Å². The van der Waals surface area contributed by atoms with E-state index in [1.54, 1.807) is 42.7 Å². The van der Waals surface area contributed by atoms with Crippen molar-refractivity contribution in [3.8, 4) is 0 Å². The lowest BCUT2D eigenvalue weighted by Crippen LogP contribution is -2.36. The van der Waals surface area contributed by atoms with Crippen molar-refractivity contribution < 1.29 is 17.6 Å². The summed E-state index contributed by atoms with van der Waals surface area (Å²) in [6, 6.07) is 16.7. The molecule has 32 heavy (non-hydrogen) atoms. The first kappa shape index (κ1) is 21.6. The van der Waals surface area contributed by atoms with Crippen LogP contribution in [0.25, 0.3) is 0 Å². The number of sulfonamides is 1. The van der Waals surface area contributed by atoms with Gasteiger partial charge in [0, 0.05) is 29.3 Å². The fourth-order valence-electron chi connectivity index (χ4n) is 3.65. The minimum absolute atomic E-state index is 0.118. The molecule has 3 aromatic heterocycles. The number of anilines is 1. The van der Waals surface area contributed by atoms with Gasteiger partial charge < -0.3 is 8.98 Å². The predicted octanol–water partition coefficient (Wildman–Crippen LogP) is 4.22. The second kappa shape index (κ2) is 8.84. The average molecular weight is 450 g/mol. The van der Waals surface area contributed by atoms with Crippen molar-refractivity contribution in [2.24, 2.45) is 0 Å². The second-order valence-electron chi connectivity index (χ2n) is 7.40. The molecule has 4 rings (SSSR count). The molecule has 0 saturated heterocycles. The summed E-state index contributed by atoms with van der Waals surface area (Å²) in [6.07, 6.45) is 4.61. The number of carbonyl (C=O) groups excluding carboxylic acids is 1. The van der Waals surface area contributed by atoms with Crippen molar-refractivity contribution in [3.63, 3.8) is 0 Å². The Morgan fingerprint density at radius 3 is 2.41 bits per heavy atom. The molecule has 0 fully saturated rings. The monoisotopic (exact) mass is 449 g/mol. The first-order valence-corrected chi connectivity index (χ1v) is 11.5. The highest BCUT2D eigenvalue weighted by molar-refractivity contribution is 7.92. The number of hydrogen-bond acceptors (Lipinski definition) is 5. The molecule has 0 radical (unpaired) electrons. The van der Waals surface area contributed by atoms with Gasteiger partial charge >= 0.3 is 0 Å². The number of nitrogens with zero attached hydrogens (tertiary/aromatic N) is 3. The Kier molecular flexibility index (Phi) is 5.96. The van der Waals surface area contributed by atoms with Gasteiger partial charge in [0.25, 0.3) is 10.0 Å². The standard InChI is InChI=1S/C24H23N3O4S/c1-18-15-23(19(2)26(18)16-21-7-6-14-31-21)24(28)17-27(20-10-12-25-13-11-20)32(29,30)22-8-4-3-5-9-22/h3-15H,16-17H2,1-2H3. The predicted molar refractivity (Wildman–Crippen MR) is 121 cm³/mol. The van der Waals surface area contributed by atoms with Crippen molar-refractivity contribution in [2.45, 2.75) is 25.3 Å². The molecular formula is C24H23N3O4S. The summed E-state index contributed by atoms with van der Waals surface area (Å²) in [6.45, 7) is 3.93. The third kappa shape index (κ3) is 4.22. The van der Waals surface area contributed by atoms with Crippen LogP contribution >= 0.6 is 0 Å². The molecule has 0 aliphatic rings. The first-order chi connectivity index (χ1) is 15.4. The molecule has 0 aliphatic carbocycles. The second-order valence-corrected chi connectivity index (χ2v) is 9.27. The summed E-state index contributed by atoms with van der Waals surface area (Å²) < 4.78 is 35.4. The van der Waals surface area contributed by atoms with Gasteiger partial charge in [-0.25, -0.2) is 8.42 Å². The number of Topliss-reactive ketones (excluding diaryl/α,β-unsaturated/α-hetero) is 1. The lowest BCUT2D eigenvalue weighted by Gasteiger charge is -2.23. The molecule has 164 valence electrons. The Balaban J connectivity index is 1.69. The maximum absolute atomic E-state index is 13.4. The van der Waals surface area contributed by atoms with Crippen LogP contribution in [0.1, 0.15) is 27.5 Å². The summed E-state index contributed by atoms with van der Waals surface area (Å²) >= 11 is 0. The van der Waals surface area contributed by atoms with Crippen molar-refractivity contribution in [1.82, 2.24) is 9.55 Å². The number of aryl methyl sites for hydroxylation is 1. The van der Waals surface area contributed by atoms with E-state index in [1.165, 1.54) is 24.5 Å². The summed E-state index contributed by atoms with van der Waals surface area (Å²) in [5.41, 5.74) is 2.51. The first-order valence-electron chi connectivity index (χ1n) is 10.1. The number of ketones is 1. The summed E-state index contributed by atoms with van der Waals surface area (Å²) in [4.78, 5) is 17.4.